The number of carbonyl (C=O) groups excluding carboxylic acids is 1. The summed E-state index contributed by atoms with van der Waals surface area (Å²) in [6, 6.07) is 8.08. The molecule has 0 aliphatic carbocycles. The number of nitrogens with two attached hydrogens (primary N) is 1. The van der Waals surface area contributed by atoms with Gasteiger partial charge in [0.2, 0.25) is 5.91 Å². The van der Waals surface area contributed by atoms with Gasteiger partial charge in [-0.3, -0.25) is 9.63 Å². The number of rotatable bonds is 6. The summed E-state index contributed by atoms with van der Waals surface area (Å²) in [6.45, 7) is 2.58. The van der Waals surface area contributed by atoms with Crippen molar-refractivity contribution in [1.29, 1.82) is 0 Å². The smallest absolute Gasteiger partial charge is 0.245 e. The highest BCUT2D eigenvalue weighted by atomic mass is 16.6. The lowest BCUT2D eigenvalue weighted by Crippen LogP contribution is -2.24. The molecule has 0 saturated heterocycles. The summed E-state index contributed by atoms with van der Waals surface area (Å²) in [5.41, 5.74) is 10.1. The van der Waals surface area contributed by atoms with E-state index in [2.05, 4.69) is 18.5 Å². The third kappa shape index (κ3) is 4.10. The predicted octanol–water partition coefficient (Wildman–Crippen LogP) is 0.756. The van der Waals surface area contributed by atoms with Crippen molar-refractivity contribution in [3.05, 3.63) is 35.4 Å². The number of hydrogen-bond donors (Lipinski definition) is 2. The zero-order valence-electron chi connectivity index (χ0n) is 8.82. The number of nitrogens with one attached hydrogen (secondary N) is 1. The molecule has 4 heteroatoms. The fourth-order valence-corrected chi connectivity index (χ4v) is 1.33. The number of benzene rings is 1. The topological polar surface area (TPSA) is 64.3 Å². The molecule has 0 radical (unpaired) electrons. The number of hydrogen-bond acceptors (Lipinski definition) is 3. The van der Waals surface area contributed by atoms with E-state index >= 15 is 0 Å². The highest BCUT2D eigenvalue weighted by Crippen LogP contribution is 2.08. The minimum absolute atomic E-state index is 0.103. The first-order chi connectivity index (χ1) is 7.24. The number of carbonyl (C=O) groups is 1. The van der Waals surface area contributed by atoms with Crippen molar-refractivity contribution in [3.8, 4) is 0 Å². The average molecular weight is 208 g/mol. The lowest BCUT2D eigenvalue weighted by Gasteiger charge is -2.08. The van der Waals surface area contributed by atoms with Crippen molar-refractivity contribution in [2.45, 2.75) is 19.9 Å². The maximum Gasteiger partial charge on any atom is 0.245 e. The van der Waals surface area contributed by atoms with Crippen molar-refractivity contribution in [2.24, 2.45) is 5.73 Å². The van der Waals surface area contributed by atoms with E-state index in [1.165, 1.54) is 11.1 Å². The van der Waals surface area contributed by atoms with Crippen LogP contribution in [0.3, 0.4) is 0 Å². The van der Waals surface area contributed by atoms with Crippen molar-refractivity contribution in [1.82, 2.24) is 5.48 Å². The molecule has 82 valence electrons. The molecule has 0 aromatic heterocycles. The molecule has 0 bridgehead atoms. The molecule has 1 rings (SSSR count). The van der Waals surface area contributed by atoms with Crippen LogP contribution >= 0.6 is 0 Å². The Kier molecular flexibility index (Phi) is 4.80. The molecule has 1 amide bonds. The summed E-state index contributed by atoms with van der Waals surface area (Å²) in [5, 5.41) is 0. The first kappa shape index (κ1) is 11.7. The van der Waals surface area contributed by atoms with Crippen molar-refractivity contribution < 1.29 is 9.63 Å². The van der Waals surface area contributed by atoms with Gasteiger partial charge in [0, 0.05) is 6.54 Å². The van der Waals surface area contributed by atoms with E-state index in [1.807, 2.05) is 18.2 Å². The second kappa shape index (κ2) is 6.16. The molecule has 1 aromatic carbocycles. The second-order valence-corrected chi connectivity index (χ2v) is 3.20. The summed E-state index contributed by atoms with van der Waals surface area (Å²) in [7, 11) is 0. The average Bonchev–Trinajstić information content (AvgIpc) is 2.24. The Morgan fingerprint density at radius 3 is 2.67 bits per heavy atom. The molecule has 0 fully saturated rings. The molecule has 0 saturated carbocycles. The van der Waals surface area contributed by atoms with Crippen LogP contribution in [0.15, 0.2) is 24.3 Å². The van der Waals surface area contributed by atoms with Crippen LogP contribution in [-0.4, -0.2) is 12.5 Å². The van der Waals surface area contributed by atoms with Gasteiger partial charge in [-0.25, -0.2) is 0 Å². The molecular weight excluding hydrogens is 192 g/mol. The van der Waals surface area contributed by atoms with E-state index < -0.39 is 5.91 Å². The fourth-order valence-electron chi connectivity index (χ4n) is 1.33. The quantitative estimate of drug-likeness (QED) is 0.535. The molecule has 0 aliphatic rings. The summed E-state index contributed by atoms with van der Waals surface area (Å²) in [6.07, 6.45) is 0.980. The van der Waals surface area contributed by atoms with Crippen LogP contribution in [0.2, 0.25) is 0 Å². The van der Waals surface area contributed by atoms with Gasteiger partial charge in [0.05, 0.1) is 0 Å². The number of aryl methyl sites for hydroxylation is 1. The molecule has 0 heterocycles. The van der Waals surface area contributed by atoms with Crippen molar-refractivity contribution in [2.75, 3.05) is 6.61 Å². The third-order valence-corrected chi connectivity index (χ3v) is 2.08. The molecule has 15 heavy (non-hydrogen) atoms. The maximum atomic E-state index is 10.4. The van der Waals surface area contributed by atoms with Crippen LogP contribution in [0.1, 0.15) is 18.1 Å². The van der Waals surface area contributed by atoms with E-state index in [9.17, 15) is 4.79 Å². The van der Waals surface area contributed by atoms with Gasteiger partial charge in [-0.15, -0.1) is 0 Å². The third-order valence-electron chi connectivity index (χ3n) is 2.08. The number of amides is 1. The standard InChI is InChI=1S/C11H16N2O2/c1-2-9-5-3-4-6-10(9)7-13-15-8-11(12)14/h3-6,13H,2,7-8H2,1H3,(H2,12,14). The summed E-state index contributed by atoms with van der Waals surface area (Å²) in [4.78, 5) is 15.3. The number of primary amides is 1. The van der Waals surface area contributed by atoms with Crippen LogP contribution in [0.25, 0.3) is 0 Å². The van der Waals surface area contributed by atoms with Gasteiger partial charge in [-0.1, -0.05) is 31.2 Å². The Hall–Kier alpha value is -1.39. The molecule has 3 N–H and O–H groups in total. The minimum atomic E-state index is -0.480. The minimum Gasteiger partial charge on any atom is -0.368 e. The first-order valence-corrected chi connectivity index (χ1v) is 4.93. The summed E-state index contributed by atoms with van der Waals surface area (Å²) >= 11 is 0. The van der Waals surface area contributed by atoms with Gasteiger partial charge in [0.25, 0.3) is 0 Å². The molecule has 4 nitrogen and oxygen atoms in total. The van der Waals surface area contributed by atoms with Crippen LogP contribution in [0.4, 0.5) is 0 Å². The first-order valence-electron chi connectivity index (χ1n) is 4.93. The Morgan fingerprint density at radius 2 is 2.07 bits per heavy atom. The SMILES string of the molecule is CCc1ccccc1CNOCC(N)=O. The van der Waals surface area contributed by atoms with E-state index in [1.54, 1.807) is 0 Å². The van der Waals surface area contributed by atoms with Gasteiger partial charge in [-0.05, 0) is 17.5 Å². The molecule has 1 aromatic rings. The zero-order valence-corrected chi connectivity index (χ0v) is 8.82. The molecule has 0 spiro atoms. The highest BCUT2D eigenvalue weighted by molar-refractivity contribution is 5.74. The normalized spacial score (nSPS) is 10.2. The Labute approximate surface area is 89.4 Å². The van der Waals surface area contributed by atoms with E-state index in [0.29, 0.717) is 6.54 Å². The second-order valence-electron chi connectivity index (χ2n) is 3.20. The van der Waals surface area contributed by atoms with Gasteiger partial charge < -0.3 is 5.73 Å². The van der Waals surface area contributed by atoms with Crippen molar-refractivity contribution in [3.63, 3.8) is 0 Å². The van der Waals surface area contributed by atoms with Gasteiger partial charge in [0.15, 0.2) is 0 Å². The largest absolute Gasteiger partial charge is 0.368 e. The van der Waals surface area contributed by atoms with Gasteiger partial charge in [-0.2, -0.15) is 5.48 Å². The monoisotopic (exact) mass is 208 g/mol. The molecule has 0 atom stereocenters. The highest BCUT2D eigenvalue weighted by Gasteiger charge is 1.99. The zero-order chi connectivity index (χ0) is 11.1. The van der Waals surface area contributed by atoms with Crippen LogP contribution in [-0.2, 0) is 22.6 Å². The van der Waals surface area contributed by atoms with E-state index in [0.717, 1.165) is 6.42 Å². The molecule has 0 unspecified atom stereocenters. The van der Waals surface area contributed by atoms with E-state index in [4.69, 9.17) is 10.6 Å². The number of hydroxylamine groups is 1. The Morgan fingerprint density at radius 1 is 1.40 bits per heavy atom. The van der Waals surface area contributed by atoms with Crippen LogP contribution in [0.5, 0.6) is 0 Å². The Balaban J connectivity index is 2.39. The molecular formula is C11H16N2O2. The van der Waals surface area contributed by atoms with Crippen molar-refractivity contribution >= 4 is 5.91 Å². The van der Waals surface area contributed by atoms with Crippen LogP contribution < -0.4 is 11.2 Å². The predicted molar refractivity (Wildman–Crippen MR) is 57.8 cm³/mol. The molecule has 0 aliphatic heterocycles. The fraction of sp³-hybridized carbons (Fsp3) is 0.364. The summed E-state index contributed by atoms with van der Waals surface area (Å²) < 4.78 is 0. The lowest BCUT2D eigenvalue weighted by molar-refractivity contribution is -0.125. The van der Waals surface area contributed by atoms with E-state index in [-0.39, 0.29) is 6.61 Å². The lowest BCUT2D eigenvalue weighted by atomic mass is 10.1. The Bertz CT molecular complexity index is 326. The van der Waals surface area contributed by atoms with Gasteiger partial charge >= 0.3 is 0 Å². The maximum absolute atomic E-state index is 10.4. The van der Waals surface area contributed by atoms with Gasteiger partial charge in [0.1, 0.15) is 6.61 Å². The summed E-state index contributed by atoms with van der Waals surface area (Å²) in [5.74, 6) is -0.480. The van der Waals surface area contributed by atoms with Crippen LogP contribution in [0, 0.1) is 0 Å².